The normalized spacial score (nSPS) is 27.7. The van der Waals surface area contributed by atoms with Crippen LogP contribution < -0.4 is 5.46 Å². The van der Waals surface area contributed by atoms with Crippen molar-refractivity contribution in [2.45, 2.75) is 44.6 Å². The lowest BCUT2D eigenvalue weighted by molar-refractivity contribution is -0.0328. The molecule has 0 aromatic heterocycles. The van der Waals surface area contributed by atoms with Crippen LogP contribution in [0.3, 0.4) is 0 Å². The van der Waals surface area contributed by atoms with E-state index in [1.54, 1.807) is 12.1 Å². The summed E-state index contributed by atoms with van der Waals surface area (Å²) in [6.07, 6.45) is 8.11. The van der Waals surface area contributed by atoms with Crippen LogP contribution in [0.25, 0.3) is 0 Å². The third-order valence-electron chi connectivity index (χ3n) is 4.98. The molecule has 0 amide bonds. The Balaban J connectivity index is 1.57. The summed E-state index contributed by atoms with van der Waals surface area (Å²) in [5.74, 6) is 1.65. The SMILES string of the molecule is OB(O)c1ccc(C2CCC(C3CCCC3)CO2)cc1. The first-order chi connectivity index (χ1) is 9.74. The average molecular weight is 274 g/mol. The van der Waals surface area contributed by atoms with Gasteiger partial charge in [0.25, 0.3) is 0 Å². The Morgan fingerprint density at radius 3 is 2.15 bits per heavy atom. The summed E-state index contributed by atoms with van der Waals surface area (Å²) >= 11 is 0. The predicted molar refractivity (Wildman–Crippen MR) is 79.6 cm³/mol. The molecule has 20 heavy (non-hydrogen) atoms. The van der Waals surface area contributed by atoms with Gasteiger partial charge < -0.3 is 14.8 Å². The summed E-state index contributed by atoms with van der Waals surface area (Å²) < 4.78 is 6.06. The number of rotatable bonds is 3. The van der Waals surface area contributed by atoms with Gasteiger partial charge in [-0.05, 0) is 35.7 Å². The zero-order chi connectivity index (χ0) is 13.9. The fourth-order valence-corrected chi connectivity index (χ4v) is 3.72. The fourth-order valence-electron chi connectivity index (χ4n) is 3.72. The molecule has 0 bridgehead atoms. The molecule has 2 fully saturated rings. The van der Waals surface area contributed by atoms with Crippen molar-refractivity contribution in [1.29, 1.82) is 0 Å². The average Bonchev–Trinajstić information content (AvgIpc) is 3.02. The highest BCUT2D eigenvalue weighted by molar-refractivity contribution is 6.58. The van der Waals surface area contributed by atoms with Gasteiger partial charge in [-0.25, -0.2) is 0 Å². The van der Waals surface area contributed by atoms with Gasteiger partial charge in [0, 0.05) is 0 Å². The standard InChI is InChI=1S/C16H23BO3/c18-17(19)15-8-5-13(6-9-15)16-10-7-14(11-20-16)12-3-1-2-4-12/h5-6,8-9,12,14,16,18-19H,1-4,7,10-11H2. The lowest BCUT2D eigenvalue weighted by atomic mass is 9.79. The van der Waals surface area contributed by atoms with Crippen molar-refractivity contribution in [3.63, 3.8) is 0 Å². The quantitative estimate of drug-likeness (QED) is 0.829. The topological polar surface area (TPSA) is 49.7 Å². The minimum absolute atomic E-state index is 0.178. The molecule has 3 rings (SSSR count). The molecule has 1 aromatic rings. The highest BCUT2D eigenvalue weighted by Crippen LogP contribution is 2.39. The largest absolute Gasteiger partial charge is 0.488 e. The number of hydrogen-bond acceptors (Lipinski definition) is 3. The van der Waals surface area contributed by atoms with Crippen molar-refractivity contribution in [1.82, 2.24) is 0 Å². The molecule has 2 atom stereocenters. The fraction of sp³-hybridized carbons (Fsp3) is 0.625. The van der Waals surface area contributed by atoms with E-state index >= 15 is 0 Å². The Hall–Kier alpha value is -0.835. The van der Waals surface area contributed by atoms with Crippen molar-refractivity contribution < 1.29 is 14.8 Å². The molecular weight excluding hydrogens is 251 g/mol. The van der Waals surface area contributed by atoms with Gasteiger partial charge in [-0.15, -0.1) is 0 Å². The van der Waals surface area contributed by atoms with Crippen LogP contribution in [0.2, 0.25) is 0 Å². The molecule has 2 unspecified atom stereocenters. The van der Waals surface area contributed by atoms with E-state index in [-0.39, 0.29) is 6.10 Å². The Labute approximate surface area is 121 Å². The lowest BCUT2D eigenvalue weighted by Crippen LogP contribution is -2.30. The van der Waals surface area contributed by atoms with E-state index in [0.29, 0.717) is 5.46 Å². The lowest BCUT2D eigenvalue weighted by Gasteiger charge is -2.32. The van der Waals surface area contributed by atoms with Gasteiger partial charge in [-0.3, -0.25) is 0 Å². The highest BCUT2D eigenvalue weighted by atomic mass is 16.5. The zero-order valence-electron chi connectivity index (χ0n) is 11.9. The van der Waals surface area contributed by atoms with Gasteiger partial charge in [0.15, 0.2) is 0 Å². The summed E-state index contributed by atoms with van der Waals surface area (Å²) in [7, 11) is -1.39. The van der Waals surface area contributed by atoms with Gasteiger partial charge >= 0.3 is 7.12 Å². The van der Waals surface area contributed by atoms with Crippen LogP contribution in [-0.2, 0) is 4.74 Å². The maximum absolute atomic E-state index is 9.11. The van der Waals surface area contributed by atoms with Crippen LogP contribution in [0, 0.1) is 11.8 Å². The number of ether oxygens (including phenoxy) is 1. The van der Waals surface area contributed by atoms with E-state index in [1.807, 2.05) is 12.1 Å². The van der Waals surface area contributed by atoms with E-state index in [0.717, 1.165) is 30.4 Å². The van der Waals surface area contributed by atoms with Crippen molar-refractivity contribution in [3.05, 3.63) is 29.8 Å². The molecule has 1 saturated heterocycles. The third kappa shape index (κ3) is 3.08. The zero-order valence-corrected chi connectivity index (χ0v) is 11.9. The van der Waals surface area contributed by atoms with Crippen molar-refractivity contribution >= 4 is 12.6 Å². The summed E-state index contributed by atoms with van der Waals surface area (Å²) in [5, 5.41) is 18.2. The van der Waals surface area contributed by atoms with Gasteiger partial charge in [-0.1, -0.05) is 49.9 Å². The second kappa shape index (κ2) is 6.29. The second-order valence-corrected chi connectivity index (χ2v) is 6.24. The first kappa shape index (κ1) is 14.1. The van der Waals surface area contributed by atoms with Crippen LogP contribution in [0.5, 0.6) is 0 Å². The Morgan fingerprint density at radius 1 is 0.900 bits per heavy atom. The first-order valence-electron chi connectivity index (χ1n) is 7.81. The highest BCUT2D eigenvalue weighted by Gasteiger charge is 2.30. The van der Waals surface area contributed by atoms with E-state index in [9.17, 15) is 0 Å². The van der Waals surface area contributed by atoms with Crippen LogP contribution in [-0.4, -0.2) is 23.8 Å². The summed E-state index contributed by atoms with van der Waals surface area (Å²) in [4.78, 5) is 0. The van der Waals surface area contributed by atoms with E-state index in [1.165, 1.54) is 32.1 Å². The minimum atomic E-state index is -1.39. The number of hydrogen-bond donors (Lipinski definition) is 2. The number of benzene rings is 1. The molecule has 3 nitrogen and oxygen atoms in total. The van der Waals surface area contributed by atoms with Gasteiger partial charge in [0.05, 0.1) is 12.7 Å². The van der Waals surface area contributed by atoms with Crippen molar-refractivity contribution in [2.75, 3.05) is 6.61 Å². The van der Waals surface area contributed by atoms with Crippen molar-refractivity contribution in [2.24, 2.45) is 11.8 Å². The molecule has 108 valence electrons. The summed E-state index contributed by atoms with van der Waals surface area (Å²) in [6, 6.07) is 7.45. The van der Waals surface area contributed by atoms with Crippen LogP contribution in [0.4, 0.5) is 0 Å². The molecule has 2 N–H and O–H groups in total. The van der Waals surface area contributed by atoms with Crippen LogP contribution in [0.15, 0.2) is 24.3 Å². The maximum Gasteiger partial charge on any atom is 0.488 e. The first-order valence-corrected chi connectivity index (χ1v) is 7.81. The minimum Gasteiger partial charge on any atom is -0.423 e. The van der Waals surface area contributed by atoms with Gasteiger partial charge in [0.1, 0.15) is 0 Å². The van der Waals surface area contributed by atoms with E-state index in [2.05, 4.69) is 0 Å². The van der Waals surface area contributed by atoms with Gasteiger partial charge in [-0.2, -0.15) is 0 Å². The molecule has 1 aliphatic carbocycles. The Kier molecular flexibility index (Phi) is 4.44. The molecule has 1 aromatic carbocycles. The molecule has 0 spiro atoms. The molecule has 2 aliphatic rings. The second-order valence-electron chi connectivity index (χ2n) is 6.24. The van der Waals surface area contributed by atoms with E-state index < -0.39 is 7.12 Å². The monoisotopic (exact) mass is 274 g/mol. The molecule has 1 saturated carbocycles. The Bertz CT molecular complexity index is 418. The molecule has 4 heteroatoms. The van der Waals surface area contributed by atoms with E-state index in [4.69, 9.17) is 14.8 Å². The summed E-state index contributed by atoms with van der Waals surface area (Å²) in [5.41, 5.74) is 1.69. The van der Waals surface area contributed by atoms with Crippen molar-refractivity contribution in [3.8, 4) is 0 Å². The molecule has 1 aliphatic heterocycles. The molecule has 0 radical (unpaired) electrons. The van der Waals surface area contributed by atoms with Crippen LogP contribution >= 0.6 is 0 Å². The van der Waals surface area contributed by atoms with Gasteiger partial charge in [0.2, 0.25) is 0 Å². The predicted octanol–water partition coefficient (Wildman–Crippen LogP) is 2.02. The Morgan fingerprint density at radius 2 is 1.60 bits per heavy atom. The maximum atomic E-state index is 9.11. The molecular formula is C16H23BO3. The van der Waals surface area contributed by atoms with Crippen LogP contribution in [0.1, 0.15) is 50.2 Å². The smallest absolute Gasteiger partial charge is 0.423 e. The summed E-state index contributed by atoms with van der Waals surface area (Å²) in [6.45, 7) is 0.889. The molecule has 1 heterocycles. The third-order valence-corrected chi connectivity index (χ3v) is 4.98.